The Hall–Kier alpha value is -1.91. The lowest BCUT2D eigenvalue weighted by Crippen LogP contribution is -2.57. The van der Waals surface area contributed by atoms with Crippen LogP contribution in [0, 0.1) is 11.3 Å². The van der Waals surface area contributed by atoms with Crippen molar-refractivity contribution in [2.24, 2.45) is 5.73 Å². The first-order valence-corrected chi connectivity index (χ1v) is 10.2. The van der Waals surface area contributed by atoms with Gasteiger partial charge in [0.15, 0.2) is 5.60 Å². The normalized spacial score (nSPS) is 18.9. The van der Waals surface area contributed by atoms with E-state index in [9.17, 15) is 15.2 Å². The number of carbonyl (C=O) groups is 1. The Kier molecular flexibility index (Phi) is 5.57. The molecular weight excluding hydrogens is 442 g/mol. The number of fused-ring (bicyclic) bond motifs is 1. The summed E-state index contributed by atoms with van der Waals surface area (Å²) in [6.45, 7) is 4.14. The second-order valence-electron chi connectivity index (χ2n) is 6.93. The fourth-order valence-corrected chi connectivity index (χ4v) is 5.00. The largest absolute Gasteiger partial charge is 0.372 e. The third-order valence-corrected chi connectivity index (χ3v) is 6.70. The van der Waals surface area contributed by atoms with Gasteiger partial charge >= 0.3 is 0 Å². The van der Waals surface area contributed by atoms with Crippen LogP contribution in [0.15, 0.2) is 40.9 Å². The van der Waals surface area contributed by atoms with E-state index >= 15 is 0 Å². The minimum Gasteiger partial charge on any atom is -0.372 e. The highest BCUT2D eigenvalue weighted by molar-refractivity contribution is 9.10. The van der Waals surface area contributed by atoms with Crippen molar-refractivity contribution in [2.45, 2.75) is 37.8 Å². The van der Waals surface area contributed by atoms with Gasteiger partial charge in [0.2, 0.25) is 0 Å². The number of hydrogen-bond acceptors (Lipinski definition) is 4. The molecule has 2 aromatic carbocycles. The summed E-state index contributed by atoms with van der Waals surface area (Å²) in [5.74, 6) is -0.513. The van der Waals surface area contributed by atoms with Gasteiger partial charge in [-0.2, -0.15) is 5.26 Å². The van der Waals surface area contributed by atoms with Crippen LogP contribution in [-0.4, -0.2) is 23.1 Å². The van der Waals surface area contributed by atoms with Gasteiger partial charge in [-0.1, -0.05) is 59.6 Å². The second-order valence-corrected chi connectivity index (χ2v) is 8.19. The highest BCUT2D eigenvalue weighted by Crippen LogP contribution is 2.52. The van der Waals surface area contributed by atoms with Crippen molar-refractivity contribution in [1.29, 1.82) is 5.26 Å². The van der Waals surface area contributed by atoms with E-state index in [1.54, 1.807) is 41.3 Å². The van der Waals surface area contributed by atoms with Crippen molar-refractivity contribution < 1.29 is 9.90 Å². The van der Waals surface area contributed by atoms with Gasteiger partial charge in [0.1, 0.15) is 0 Å². The molecule has 0 aliphatic carbocycles. The molecule has 0 radical (unpaired) electrons. The standard InChI is InChI=1S/C21H21BrClN3O2/c1-3-20(4-2,12-25)26-17-10-13(11-24)9-15(22)18(17)21(28,19(26)27)14-7-5-6-8-16(14)23/h5-10,28H,3-4,12,25H2,1-2H3. The van der Waals surface area contributed by atoms with Crippen molar-refractivity contribution in [2.75, 3.05) is 11.4 Å². The summed E-state index contributed by atoms with van der Waals surface area (Å²) in [6, 6.07) is 12.1. The zero-order chi connectivity index (χ0) is 20.7. The summed E-state index contributed by atoms with van der Waals surface area (Å²) in [6.07, 6.45) is 1.19. The Morgan fingerprint density at radius 1 is 1.32 bits per heavy atom. The maximum Gasteiger partial charge on any atom is 0.269 e. The third-order valence-electron chi connectivity index (χ3n) is 5.75. The average molecular weight is 463 g/mol. The predicted molar refractivity (Wildman–Crippen MR) is 113 cm³/mol. The molecule has 146 valence electrons. The quantitative estimate of drug-likeness (QED) is 0.701. The van der Waals surface area contributed by atoms with E-state index in [-0.39, 0.29) is 11.6 Å². The summed E-state index contributed by atoms with van der Waals surface area (Å²) in [4.78, 5) is 15.3. The van der Waals surface area contributed by atoms with Gasteiger partial charge < -0.3 is 15.7 Å². The summed E-state index contributed by atoms with van der Waals surface area (Å²) in [7, 11) is 0. The molecule has 0 spiro atoms. The van der Waals surface area contributed by atoms with Crippen molar-refractivity contribution in [3.63, 3.8) is 0 Å². The minimum atomic E-state index is -1.98. The number of nitriles is 1. The van der Waals surface area contributed by atoms with E-state index in [4.69, 9.17) is 17.3 Å². The number of halogens is 2. The summed E-state index contributed by atoms with van der Waals surface area (Å²) >= 11 is 9.84. The number of benzene rings is 2. The number of rotatable bonds is 5. The highest BCUT2D eigenvalue weighted by Gasteiger charge is 2.57. The van der Waals surface area contributed by atoms with E-state index in [1.807, 2.05) is 13.8 Å². The molecule has 2 aromatic rings. The van der Waals surface area contributed by atoms with Crippen molar-refractivity contribution in [3.05, 3.63) is 62.6 Å². The SMILES string of the molecule is CCC(CC)(CN)N1C(=O)C(O)(c2ccccc2Cl)c2c(Br)cc(C#N)cc21. The van der Waals surface area contributed by atoms with Gasteiger partial charge in [-0.15, -0.1) is 0 Å². The Balaban J connectivity index is 2.41. The van der Waals surface area contributed by atoms with Crippen LogP contribution in [0.4, 0.5) is 5.69 Å². The number of carbonyl (C=O) groups excluding carboxylic acids is 1. The second kappa shape index (κ2) is 7.49. The fraction of sp³-hybridized carbons (Fsp3) is 0.333. The molecule has 3 N–H and O–H groups in total. The van der Waals surface area contributed by atoms with Crippen molar-refractivity contribution in [3.8, 4) is 6.07 Å². The Morgan fingerprint density at radius 2 is 1.96 bits per heavy atom. The zero-order valence-electron chi connectivity index (χ0n) is 15.7. The summed E-state index contributed by atoms with van der Waals surface area (Å²) < 4.78 is 0.470. The van der Waals surface area contributed by atoms with Crippen molar-refractivity contribution >= 4 is 39.1 Å². The maximum atomic E-state index is 13.8. The Labute approximate surface area is 177 Å². The predicted octanol–water partition coefficient (Wildman–Crippen LogP) is 4.07. The minimum absolute atomic E-state index is 0.220. The fourth-order valence-electron chi connectivity index (χ4n) is 3.99. The van der Waals surface area contributed by atoms with Gasteiger partial charge in [-0.05, 0) is 31.0 Å². The topological polar surface area (TPSA) is 90.3 Å². The monoisotopic (exact) mass is 461 g/mol. The molecule has 7 heteroatoms. The average Bonchev–Trinajstić information content (AvgIpc) is 2.93. The number of anilines is 1. The molecule has 1 unspecified atom stereocenters. The molecule has 0 saturated heterocycles. The molecule has 0 saturated carbocycles. The van der Waals surface area contributed by atoms with Gasteiger partial charge in [-0.3, -0.25) is 4.79 Å². The van der Waals surface area contributed by atoms with Crippen LogP contribution >= 0.6 is 27.5 Å². The molecule has 0 fully saturated rings. The third kappa shape index (κ3) is 2.77. The number of nitrogens with two attached hydrogens (primary N) is 1. The summed E-state index contributed by atoms with van der Waals surface area (Å²) in [5.41, 5.74) is 4.98. The lowest BCUT2D eigenvalue weighted by molar-refractivity contribution is -0.133. The zero-order valence-corrected chi connectivity index (χ0v) is 18.0. The van der Waals surface area contributed by atoms with Crippen LogP contribution in [0.2, 0.25) is 5.02 Å². The lowest BCUT2D eigenvalue weighted by atomic mass is 9.86. The molecule has 1 amide bonds. The van der Waals surface area contributed by atoms with Crippen LogP contribution in [0.3, 0.4) is 0 Å². The van der Waals surface area contributed by atoms with Crippen LogP contribution < -0.4 is 10.6 Å². The number of nitrogens with zero attached hydrogens (tertiary/aromatic N) is 2. The maximum absolute atomic E-state index is 13.8. The lowest BCUT2D eigenvalue weighted by Gasteiger charge is -2.41. The van der Waals surface area contributed by atoms with Gasteiger partial charge in [-0.25, -0.2) is 0 Å². The van der Waals surface area contributed by atoms with E-state index < -0.39 is 17.0 Å². The first kappa shape index (κ1) is 20.8. The summed E-state index contributed by atoms with van der Waals surface area (Å²) in [5, 5.41) is 21.5. The van der Waals surface area contributed by atoms with Crippen LogP contribution in [-0.2, 0) is 10.4 Å². The smallest absolute Gasteiger partial charge is 0.269 e. The van der Waals surface area contributed by atoms with Gasteiger partial charge in [0, 0.05) is 27.2 Å². The molecule has 28 heavy (non-hydrogen) atoms. The molecule has 3 rings (SSSR count). The van der Waals surface area contributed by atoms with Crippen molar-refractivity contribution in [1.82, 2.24) is 0 Å². The van der Waals surface area contributed by atoms with Crippen LogP contribution in [0.5, 0.6) is 0 Å². The molecule has 1 aliphatic rings. The van der Waals surface area contributed by atoms with Gasteiger partial charge in [0.25, 0.3) is 5.91 Å². The molecule has 5 nitrogen and oxygen atoms in total. The molecule has 0 aromatic heterocycles. The van der Waals surface area contributed by atoms with E-state index in [1.165, 1.54) is 0 Å². The molecule has 0 bridgehead atoms. The van der Waals surface area contributed by atoms with Gasteiger partial charge in [0.05, 0.1) is 22.9 Å². The van der Waals surface area contributed by atoms with E-state index in [0.717, 1.165) is 0 Å². The number of aliphatic hydroxyl groups is 1. The van der Waals surface area contributed by atoms with E-state index in [0.29, 0.717) is 39.7 Å². The molecule has 1 atom stereocenters. The van der Waals surface area contributed by atoms with E-state index in [2.05, 4.69) is 22.0 Å². The Morgan fingerprint density at radius 3 is 2.50 bits per heavy atom. The first-order chi connectivity index (χ1) is 13.3. The highest BCUT2D eigenvalue weighted by atomic mass is 79.9. The Bertz CT molecular complexity index is 976. The molecule has 1 heterocycles. The molecule has 1 aliphatic heterocycles. The first-order valence-electron chi connectivity index (χ1n) is 9.07. The van der Waals surface area contributed by atoms with Crippen LogP contribution in [0.25, 0.3) is 0 Å². The molecular formula is C21H21BrClN3O2. The number of amides is 1. The number of hydrogen-bond donors (Lipinski definition) is 2. The van der Waals surface area contributed by atoms with Crippen LogP contribution in [0.1, 0.15) is 43.4 Å².